The molecule has 9 heavy (non-hydrogen) atoms. The van der Waals surface area contributed by atoms with Crippen LogP contribution >= 0.6 is 0 Å². The monoisotopic (exact) mass is 132 g/mol. The maximum atomic E-state index is 9.13. The van der Waals surface area contributed by atoms with Crippen molar-refractivity contribution in [3.8, 4) is 0 Å². The van der Waals surface area contributed by atoms with Gasteiger partial charge in [-0.2, -0.15) is 0 Å². The van der Waals surface area contributed by atoms with Gasteiger partial charge in [-0.3, -0.25) is 0 Å². The zero-order valence-corrected chi connectivity index (χ0v) is 7.36. The lowest BCUT2D eigenvalue weighted by atomic mass is 10.0. The number of hydrogen-bond donors (Lipinski definition) is 1. The van der Waals surface area contributed by atoms with Crippen LogP contribution < -0.4 is 0 Å². The Bertz CT molecular complexity index is 42.5. The molecule has 0 unspecified atom stereocenters. The van der Waals surface area contributed by atoms with Crippen LogP contribution in [0.15, 0.2) is 0 Å². The van der Waals surface area contributed by atoms with Crippen molar-refractivity contribution in [1.82, 2.24) is 0 Å². The minimum atomic E-state index is -0.417. The molecule has 1 heteroatoms. The van der Waals surface area contributed by atoms with Gasteiger partial charge in [0, 0.05) is 0 Å². The van der Waals surface area contributed by atoms with E-state index in [4.69, 9.17) is 5.11 Å². The second kappa shape index (κ2) is 6.09. The van der Waals surface area contributed by atoms with Crippen molar-refractivity contribution in [1.29, 1.82) is 0 Å². The van der Waals surface area contributed by atoms with Crippen LogP contribution in [0.5, 0.6) is 0 Å². The van der Waals surface area contributed by atoms with Gasteiger partial charge < -0.3 is 5.11 Å². The van der Waals surface area contributed by atoms with E-state index in [9.17, 15) is 0 Å². The maximum absolute atomic E-state index is 9.13. The van der Waals surface area contributed by atoms with E-state index in [1.807, 2.05) is 34.6 Å². The van der Waals surface area contributed by atoms with Crippen molar-refractivity contribution in [3.05, 3.63) is 0 Å². The lowest BCUT2D eigenvalue weighted by molar-refractivity contribution is 0.0521. The summed E-state index contributed by atoms with van der Waals surface area (Å²) in [6.07, 6.45) is 1.70. The van der Waals surface area contributed by atoms with Gasteiger partial charge in [-0.05, 0) is 19.8 Å². The SMILES string of the molecule is CC.CCC(C)(O)CC. The molecule has 0 fully saturated rings. The average Bonchev–Trinajstić information content (AvgIpc) is 1.93. The first-order valence-corrected chi connectivity index (χ1v) is 3.84. The molecule has 0 aromatic rings. The Labute approximate surface area is 59.1 Å². The van der Waals surface area contributed by atoms with Crippen LogP contribution in [0.3, 0.4) is 0 Å². The Balaban J connectivity index is 0. The molecule has 0 bridgehead atoms. The Morgan fingerprint density at radius 3 is 1.33 bits per heavy atom. The fraction of sp³-hybridized carbons (Fsp3) is 1.00. The molecule has 0 amide bonds. The molecule has 0 aromatic carbocycles. The molecule has 0 radical (unpaired) electrons. The largest absolute Gasteiger partial charge is 0.390 e. The van der Waals surface area contributed by atoms with Gasteiger partial charge in [0.1, 0.15) is 0 Å². The van der Waals surface area contributed by atoms with Crippen molar-refractivity contribution in [2.24, 2.45) is 0 Å². The molecule has 0 aliphatic carbocycles. The van der Waals surface area contributed by atoms with Crippen LogP contribution in [0.4, 0.5) is 0 Å². The molecular formula is C8H20O. The van der Waals surface area contributed by atoms with Gasteiger partial charge in [-0.25, -0.2) is 0 Å². The summed E-state index contributed by atoms with van der Waals surface area (Å²) in [7, 11) is 0. The highest BCUT2D eigenvalue weighted by Gasteiger charge is 2.12. The van der Waals surface area contributed by atoms with E-state index < -0.39 is 5.60 Å². The van der Waals surface area contributed by atoms with Crippen molar-refractivity contribution < 1.29 is 5.11 Å². The van der Waals surface area contributed by atoms with Gasteiger partial charge in [0.25, 0.3) is 0 Å². The molecule has 0 saturated heterocycles. The predicted molar refractivity (Wildman–Crippen MR) is 42.6 cm³/mol. The molecule has 0 aromatic heterocycles. The van der Waals surface area contributed by atoms with Crippen molar-refractivity contribution in [2.75, 3.05) is 0 Å². The van der Waals surface area contributed by atoms with Gasteiger partial charge in [-0.15, -0.1) is 0 Å². The third-order valence-electron chi connectivity index (χ3n) is 1.52. The average molecular weight is 132 g/mol. The Morgan fingerprint density at radius 1 is 1.11 bits per heavy atom. The highest BCUT2D eigenvalue weighted by molar-refractivity contribution is 4.65. The fourth-order valence-electron chi connectivity index (χ4n) is 0.250. The molecule has 0 spiro atoms. The minimum Gasteiger partial charge on any atom is -0.390 e. The summed E-state index contributed by atoms with van der Waals surface area (Å²) in [6.45, 7) is 9.83. The first-order valence-electron chi connectivity index (χ1n) is 3.84. The topological polar surface area (TPSA) is 20.2 Å². The van der Waals surface area contributed by atoms with Crippen LogP contribution in [0.25, 0.3) is 0 Å². The smallest absolute Gasteiger partial charge is 0.0614 e. The highest BCUT2D eigenvalue weighted by Crippen LogP contribution is 2.11. The summed E-state index contributed by atoms with van der Waals surface area (Å²) in [5, 5.41) is 9.13. The lowest BCUT2D eigenvalue weighted by Gasteiger charge is -2.17. The quantitative estimate of drug-likeness (QED) is 0.612. The standard InChI is InChI=1S/C6H14O.C2H6/c1-4-6(3,7)5-2;1-2/h7H,4-5H2,1-3H3;1-2H3. The molecule has 0 saturated carbocycles. The van der Waals surface area contributed by atoms with E-state index in [2.05, 4.69) is 0 Å². The predicted octanol–water partition coefficient (Wildman–Crippen LogP) is 2.58. The number of hydrogen-bond acceptors (Lipinski definition) is 1. The summed E-state index contributed by atoms with van der Waals surface area (Å²) in [4.78, 5) is 0. The van der Waals surface area contributed by atoms with E-state index in [1.54, 1.807) is 0 Å². The Morgan fingerprint density at radius 2 is 1.33 bits per heavy atom. The molecule has 1 N–H and O–H groups in total. The Hall–Kier alpha value is -0.0400. The second-order valence-corrected chi connectivity index (χ2v) is 2.20. The molecule has 58 valence electrons. The molecule has 0 heterocycles. The van der Waals surface area contributed by atoms with Gasteiger partial charge in [0.15, 0.2) is 0 Å². The molecular weight excluding hydrogens is 112 g/mol. The lowest BCUT2D eigenvalue weighted by Crippen LogP contribution is -2.20. The van der Waals surface area contributed by atoms with Gasteiger partial charge >= 0.3 is 0 Å². The Kier molecular flexibility index (Phi) is 7.92. The van der Waals surface area contributed by atoms with Gasteiger partial charge in [-0.1, -0.05) is 27.7 Å². The maximum Gasteiger partial charge on any atom is 0.0614 e. The zero-order chi connectivity index (χ0) is 7.91. The van der Waals surface area contributed by atoms with Crippen molar-refractivity contribution >= 4 is 0 Å². The van der Waals surface area contributed by atoms with E-state index in [0.717, 1.165) is 12.8 Å². The molecule has 0 aliphatic rings. The van der Waals surface area contributed by atoms with E-state index in [-0.39, 0.29) is 0 Å². The van der Waals surface area contributed by atoms with E-state index in [1.165, 1.54) is 0 Å². The summed E-state index contributed by atoms with van der Waals surface area (Å²) < 4.78 is 0. The van der Waals surface area contributed by atoms with E-state index in [0.29, 0.717) is 0 Å². The minimum absolute atomic E-state index is 0.417. The molecule has 0 aliphatic heterocycles. The van der Waals surface area contributed by atoms with Crippen LogP contribution in [-0.4, -0.2) is 10.7 Å². The van der Waals surface area contributed by atoms with E-state index >= 15 is 0 Å². The second-order valence-electron chi connectivity index (χ2n) is 2.20. The number of aliphatic hydroxyl groups is 1. The third kappa shape index (κ3) is 7.96. The number of rotatable bonds is 2. The molecule has 0 atom stereocenters. The summed E-state index contributed by atoms with van der Waals surface area (Å²) in [5.41, 5.74) is -0.417. The van der Waals surface area contributed by atoms with Crippen LogP contribution in [0, 0.1) is 0 Å². The fourth-order valence-corrected chi connectivity index (χ4v) is 0.250. The van der Waals surface area contributed by atoms with Gasteiger partial charge in [0.2, 0.25) is 0 Å². The normalized spacial score (nSPS) is 10.0. The van der Waals surface area contributed by atoms with Crippen LogP contribution in [0.1, 0.15) is 47.5 Å². The first-order chi connectivity index (χ1) is 4.12. The van der Waals surface area contributed by atoms with Gasteiger partial charge in [0.05, 0.1) is 5.60 Å². The zero-order valence-electron chi connectivity index (χ0n) is 7.36. The summed E-state index contributed by atoms with van der Waals surface area (Å²) in [6, 6.07) is 0. The summed E-state index contributed by atoms with van der Waals surface area (Å²) in [5.74, 6) is 0. The van der Waals surface area contributed by atoms with Crippen LogP contribution in [0.2, 0.25) is 0 Å². The third-order valence-corrected chi connectivity index (χ3v) is 1.52. The highest BCUT2D eigenvalue weighted by atomic mass is 16.3. The molecule has 0 rings (SSSR count). The van der Waals surface area contributed by atoms with Crippen LogP contribution in [-0.2, 0) is 0 Å². The summed E-state index contributed by atoms with van der Waals surface area (Å²) >= 11 is 0. The van der Waals surface area contributed by atoms with Crippen molar-refractivity contribution in [3.63, 3.8) is 0 Å². The van der Waals surface area contributed by atoms with Crippen molar-refractivity contribution in [2.45, 2.75) is 53.1 Å². The first kappa shape index (κ1) is 11.7. The molecule has 1 nitrogen and oxygen atoms in total.